The summed E-state index contributed by atoms with van der Waals surface area (Å²) >= 11 is 0. The van der Waals surface area contributed by atoms with E-state index >= 15 is 0 Å². The lowest BCUT2D eigenvalue weighted by atomic mass is 9.89. The molecule has 16 heavy (non-hydrogen) atoms. The van der Waals surface area contributed by atoms with Gasteiger partial charge in [0.2, 0.25) is 0 Å². The number of rotatable bonds is 6. The monoisotopic (exact) mass is 226 g/mol. The van der Waals surface area contributed by atoms with Crippen LogP contribution in [-0.2, 0) is 0 Å². The molecule has 0 bridgehead atoms. The van der Waals surface area contributed by atoms with Crippen LogP contribution in [0.3, 0.4) is 0 Å². The van der Waals surface area contributed by atoms with Gasteiger partial charge in [-0.05, 0) is 31.7 Å². The summed E-state index contributed by atoms with van der Waals surface area (Å²) in [6.45, 7) is 9.35. The minimum absolute atomic E-state index is 0.449. The molecule has 2 atom stereocenters. The summed E-state index contributed by atoms with van der Waals surface area (Å²) in [6, 6.07) is 1.27. The zero-order chi connectivity index (χ0) is 12.0. The van der Waals surface area contributed by atoms with Crippen LogP contribution in [0.1, 0.15) is 59.3 Å². The predicted molar refractivity (Wildman–Crippen MR) is 71.6 cm³/mol. The first-order valence-electron chi connectivity index (χ1n) is 7.22. The van der Waals surface area contributed by atoms with Gasteiger partial charge in [-0.3, -0.25) is 4.90 Å². The van der Waals surface area contributed by atoms with Crippen LogP contribution in [0.4, 0.5) is 0 Å². The van der Waals surface area contributed by atoms with Crippen molar-refractivity contribution in [2.24, 2.45) is 11.7 Å². The summed E-state index contributed by atoms with van der Waals surface area (Å²) < 4.78 is 0. The lowest BCUT2D eigenvalue weighted by Crippen LogP contribution is -2.50. The van der Waals surface area contributed by atoms with Crippen molar-refractivity contribution in [3.8, 4) is 0 Å². The molecule has 0 saturated carbocycles. The van der Waals surface area contributed by atoms with Crippen LogP contribution in [-0.4, -0.2) is 30.1 Å². The van der Waals surface area contributed by atoms with Gasteiger partial charge in [-0.1, -0.05) is 40.0 Å². The Hall–Kier alpha value is -0.0800. The third-order valence-corrected chi connectivity index (χ3v) is 4.11. The van der Waals surface area contributed by atoms with E-state index < -0.39 is 0 Å². The van der Waals surface area contributed by atoms with E-state index in [1.54, 1.807) is 0 Å². The quantitative estimate of drug-likeness (QED) is 0.754. The molecule has 1 saturated heterocycles. The molecule has 0 spiro atoms. The summed E-state index contributed by atoms with van der Waals surface area (Å²) in [4.78, 5) is 2.71. The van der Waals surface area contributed by atoms with Crippen molar-refractivity contribution in [1.82, 2.24) is 4.90 Å². The Morgan fingerprint density at radius 1 is 1.19 bits per heavy atom. The van der Waals surface area contributed by atoms with Crippen molar-refractivity contribution in [2.75, 3.05) is 13.1 Å². The second-order valence-corrected chi connectivity index (χ2v) is 5.35. The maximum Gasteiger partial charge on any atom is 0.00951 e. The van der Waals surface area contributed by atoms with Crippen LogP contribution in [0, 0.1) is 5.92 Å². The fraction of sp³-hybridized carbons (Fsp3) is 1.00. The summed E-state index contributed by atoms with van der Waals surface area (Å²) in [5.41, 5.74) is 6.17. The van der Waals surface area contributed by atoms with E-state index in [1.807, 2.05) is 0 Å². The molecular formula is C14H30N2. The standard InChI is InChI=1S/C14H30N2/c1-4-7-13(8-5-2)16-10-9-14(15)12(6-3)11-16/h12-14H,4-11,15H2,1-3H3. The molecule has 0 aromatic rings. The molecule has 0 aliphatic carbocycles. The van der Waals surface area contributed by atoms with E-state index in [9.17, 15) is 0 Å². The molecule has 0 amide bonds. The normalized spacial score (nSPS) is 27.6. The van der Waals surface area contributed by atoms with Crippen LogP contribution in [0.2, 0.25) is 0 Å². The summed E-state index contributed by atoms with van der Waals surface area (Å²) in [5.74, 6) is 0.727. The predicted octanol–water partition coefficient (Wildman–Crippen LogP) is 3.01. The smallest absolute Gasteiger partial charge is 0.00951 e. The van der Waals surface area contributed by atoms with Crippen LogP contribution in [0.15, 0.2) is 0 Å². The van der Waals surface area contributed by atoms with Gasteiger partial charge < -0.3 is 5.73 Å². The van der Waals surface area contributed by atoms with Gasteiger partial charge in [0.25, 0.3) is 0 Å². The summed E-state index contributed by atoms with van der Waals surface area (Å²) in [6.07, 6.45) is 7.78. The van der Waals surface area contributed by atoms with Gasteiger partial charge in [0.05, 0.1) is 0 Å². The van der Waals surface area contributed by atoms with Crippen molar-refractivity contribution in [2.45, 2.75) is 71.4 Å². The molecule has 2 N–H and O–H groups in total. The van der Waals surface area contributed by atoms with E-state index in [-0.39, 0.29) is 0 Å². The van der Waals surface area contributed by atoms with Gasteiger partial charge in [0.1, 0.15) is 0 Å². The van der Waals surface area contributed by atoms with Crippen LogP contribution in [0.5, 0.6) is 0 Å². The SMILES string of the molecule is CCCC(CCC)N1CCC(N)C(CC)C1. The van der Waals surface area contributed by atoms with E-state index in [0.29, 0.717) is 6.04 Å². The Morgan fingerprint density at radius 2 is 1.81 bits per heavy atom. The highest BCUT2D eigenvalue weighted by Crippen LogP contribution is 2.23. The van der Waals surface area contributed by atoms with Crippen molar-refractivity contribution in [1.29, 1.82) is 0 Å². The highest BCUT2D eigenvalue weighted by molar-refractivity contribution is 4.85. The minimum atomic E-state index is 0.449. The molecular weight excluding hydrogens is 196 g/mol. The van der Waals surface area contributed by atoms with Crippen LogP contribution >= 0.6 is 0 Å². The third-order valence-electron chi connectivity index (χ3n) is 4.11. The lowest BCUT2D eigenvalue weighted by Gasteiger charge is -2.41. The van der Waals surface area contributed by atoms with E-state index in [0.717, 1.165) is 12.0 Å². The Kier molecular flexibility index (Phi) is 6.37. The second-order valence-electron chi connectivity index (χ2n) is 5.35. The van der Waals surface area contributed by atoms with E-state index in [4.69, 9.17) is 5.73 Å². The number of likely N-dealkylation sites (tertiary alicyclic amines) is 1. The Morgan fingerprint density at radius 3 is 2.31 bits per heavy atom. The molecule has 0 aromatic heterocycles. The van der Waals surface area contributed by atoms with Gasteiger partial charge in [-0.2, -0.15) is 0 Å². The van der Waals surface area contributed by atoms with Crippen LogP contribution < -0.4 is 5.73 Å². The molecule has 1 fully saturated rings. The van der Waals surface area contributed by atoms with E-state index in [1.165, 1.54) is 51.6 Å². The Balaban J connectivity index is 2.50. The molecule has 0 aromatic carbocycles. The van der Waals surface area contributed by atoms with Crippen molar-refractivity contribution < 1.29 is 0 Å². The molecule has 96 valence electrons. The highest BCUT2D eigenvalue weighted by atomic mass is 15.2. The topological polar surface area (TPSA) is 29.3 Å². The molecule has 1 rings (SSSR count). The largest absolute Gasteiger partial charge is 0.327 e. The van der Waals surface area contributed by atoms with Gasteiger partial charge in [-0.25, -0.2) is 0 Å². The first-order chi connectivity index (χ1) is 7.72. The van der Waals surface area contributed by atoms with Gasteiger partial charge in [-0.15, -0.1) is 0 Å². The Labute approximate surface area is 102 Å². The van der Waals surface area contributed by atoms with Gasteiger partial charge >= 0.3 is 0 Å². The molecule has 2 heteroatoms. The first-order valence-corrected chi connectivity index (χ1v) is 7.22. The molecule has 2 unspecified atom stereocenters. The number of piperidine rings is 1. The first kappa shape index (κ1) is 14.0. The number of nitrogens with zero attached hydrogens (tertiary/aromatic N) is 1. The average Bonchev–Trinajstić information content (AvgIpc) is 2.29. The van der Waals surface area contributed by atoms with Crippen molar-refractivity contribution in [3.05, 3.63) is 0 Å². The fourth-order valence-corrected chi connectivity index (χ4v) is 3.02. The fourth-order valence-electron chi connectivity index (χ4n) is 3.02. The highest BCUT2D eigenvalue weighted by Gasteiger charge is 2.28. The maximum absolute atomic E-state index is 6.17. The number of nitrogens with two attached hydrogens (primary N) is 1. The summed E-state index contributed by atoms with van der Waals surface area (Å²) in [7, 11) is 0. The molecule has 2 nitrogen and oxygen atoms in total. The van der Waals surface area contributed by atoms with Crippen molar-refractivity contribution in [3.63, 3.8) is 0 Å². The zero-order valence-corrected chi connectivity index (χ0v) is 11.4. The van der Waals surface area contributed by atoms with Crippen molar-refractivity contribution >= 4 is 0 Å². The maximum atomic E-state index is 6.17. The average molecular weight is 226 g/mol. The lowest BCUT2D eigenvalue weighted by molar-refractivity contribution is 0.0957. The second kappa shape index (κ2) is 7.29. The zero-order valence-electron chi connectivity index (χ0n) is 11.4. The number of hydrogen-bond donors (Lipinski definition) is 1. The third kappa shape index (κ3) is 3.74. The molecule has 1 aliphatic heterocycles. The van der Waals surface area contributed by atoms with Gasteiger partial charge in [0, 0.05) is 18.6 Å². The number of hydrogen-bond acceptors (Lipinski definition) is 2. The van der Waals surface area contributed by atoms with Crippen LogP contribution in [0.25, 0.3) is 0 Å². The Bertz CT molecular complexity index is 176. The molecule has 1 aliphatic rings. The van der Waals surface area contributed by atoms with Gasteiger partial charge in [0.15, 0.2) is 0 Å². The molecule has 1 heterocycles. The molecule has 0 radical (unpaired) electrons. The van der Waals surface area contributed by atoms with E-state index in [2.05, 4.69) is 25.7 Å². The summed E-state index contributed by atoms with van der Waals surface area (Å²) in [5, 5.41) is 0. The minimum Gasteiger partial charge on any atom is -0.327 e.